The highest BCUT2D eigenvalue weighted by molar-refractivity contribution is 8.76. The summed E-state index contributed by atoms with van der Waals surface area (Å²) in [6.45, 7) is 3.02. The second-order valence-electron chi connectivity index (χ2n) is 6.33. The summed E-state index contributed by atoms with van der Waals surface area (Å²) in [6.07, 6.45) is 0.469. The number of rotatable bonds is 20. The molecule has 1 saturated heterocycles. The van der Waals surface area contributed by atoms with E-state index in [4.69, 9.17) is 24.6 Å². The zero-order valence-electron chi connectivity index (χ0n) is 18.3. The van der Waals surface area contributed by atoms with E-state index in [9.17, 15) is 19.2 Å². The quantitative estimate of drug-likeness (QED) is 0.0631. The highest BCUT2D eigenvalue weighted by Crippen LogP contribution is 2.21. The van der Waals surface area contributed by atoms with Crippen molar-refractivity contribution in [2.75, 3.05) is 64.2 Å². The zero-order chi connectivity index (χ0) is 24.2. The van der Waals surface area contributed by atoms with Gasteiger partial charge in [0.15, 0.2) is 0 Å². The molecule has 0 spiro atoms. The number of carbonyl (C=O) groups excluding carboxylic acids is 4. The molecule has 13 nitrogen and oxygen atoms in total. The molecule has 0 aliphatic carbocycles. The number of hydroxylamine groups is 2. The Hall–Kier alpha value is -2.03. The standard InChI is InChI=1S/C18H29N5O8S2/c19-22-21-5-8-29-10-12-30-11-9-28-7-3-15(24)20-6-14-33-32-13-4-18(27)31-23-16(25)1-2-17(23)26/h1-14H2,(H,20,24). The molecule has 1 fully saturated rings. The highest BCUT2D eigenvalue weighted by atomic mass is 33.1. The molecule has 0 aromatic heterocycles. The van der Waals surface area contributed by atoms with Gasteiger partial charge in [-0.05, 0) is 5.53 Å². The number of ether oxygens (including phenoxy) is 3. The number of nitrogens with one attached hydrogen (secondary N) is 1. The van der Waals surface area contributed by atoms with Gasteiger partial charge in [0.05, 0.1) is 46.1 Å². The topological polar surface area (TPSA) is 169 Å². The van der Waals surface area contributed by atoms with E-state index >= 15 is 0 Å². The average Bonchev–Trinajstić information content (AvgIpc) is 3.11. The Bertz CT molecular complexity index is 662. The maximum atomic E-state index is 11.7. The molecule has 0 bridgehead atoms. The first-order chi connectivity index (χ1) is 16.0. The Morgan fingerprint density at radius 1 is 0.939 bits per heavy atom. The molecule has 1 N–H and O–H groups in total. The third kappa shape index (κ3) is 15.4. The summed E-state index contributed by atoms with van der Waals surface area (Å²) in [5, 5.41) is 6.66. The number of hydrogen-bond acceptors (Lipinski definition) is 11. The molecule has 1 aliphatic rings. The summed E-state index contributed by atoms with van der Waals surface area (Å²) >= 11 is 0. The molecule has 1 aliphatic heterocycles. The SMILES string of the molecule is [N-]=[N+]=NCCOCCOCCOCCC(=O)NCCSSCCC(=O)ON1C(=O)CCC1=O. The fourth-order valence-corrected chi connectivity index (χ4v) is 4.10. The van der Waals surface area contributed by atoms with Gasteiger partial charge in [-0.2, -0.15) is 0 Å². The maximum absolute atomic E-state index is 11.7. The molecule has 1 rings (SSSR count). The Morgan fingerprint density at radius 2 is 1.55 bits per heavy atom. The van der Waals surface area contributed by atoms with Gasteiger partial charge in [0.1, 0.15) is 0 Å². The van der Waals surface area contributed by atoms with E-state index in [1.54, 1.807) is 0 Å². The summed E-state index contributed by atoms with van der Waals surface area (Å²) in [4.78, 5) is 53.5. The number of amides is 3. The van der Waals surface area contributed by atoms with Crippen molar-refractivity contribution < 1.29 is 38.2 Å². The molecule has 0 aromatic carbocycles. The van der Waals surface area contributed by atoms with Crippen LogP contribution in [0, 0.1) is 0 Å². The van der Waals surface area contributed by atoms with Gasteiger partial charge in [-0.25, -0.2) is 4.79 Å². The molecule has 0 aromatic rings. The molecular formula is C18H29N5O8S2. The molecule has 15 heteroatoms. The Kier molecular flexibility index (Phi) is 17.1. The van der Waals surface area contributed by atoms with E-state index in [0.29, 0.717) is 69.3 Å². The van der Waals surface area contributed by atoms with Crippen LogP contribution in [0.3, 0.4) is 0 Å². The number of carbonyl (C=O) groups is 4. The molecule has 1 heterocycles. The predicted octanol–water partition coefficient (Wildman–Crippen LogP) is 1.23. The first kappa shape index (κ1) is 29.0. The third-order valence-corrected chi connectivity index (χ3v) is 6.20. The van der Waals surface area contributed by atoms with Crippen LogP contribution in [0.2, 0.25) is 0 Å². The van der Waals surface area contributed by atoms with Gasteiger partial charge in [-0.1, -0.05) is 26.7 Å². The highest BCUT2D eigenvalue weighted by Gasteiger charge is 2.32. The smallest absolute Gasteiger partial charge is 0.334 e. The molecule has 186 valence electrons. The van der Waals surface area contributed by atoms with Crippen LogP contribution in [-0.2, 0) is 38.2 Å². The van der Waals surface area contributed by atoms with Crippen molar-refractivity contribution in [2.24, 2.45) is 5.11 Å². The number of nitrogens with zero attached hydrogens (tertiary/aromatic N) is 4. The Morgan fingerprint density at radius 3 is 2.21 bits per heavy atom. The van der Waals surface area contributed by atoms with Gasteiger partial charge in [-0.15, -0.1) is 5.06 Å². The number of azide groups is 1. The fraction of sp³-hybridized carbons (Fsp3) is 0.778. The van der Waals surface area contributed by atoms with Crippen LogP contribution in [0.4, 0.5) is 0 Å². The van der Waals surface area contributed by atoms with Gasteiger partial charge < -0.3 is 24.4 Å². The molecular weight excluding hydrogens is 478 g/mol. The first-order valence-electron chi connectivity index (χ1n) is 10.4. The van der Waals surface area contributed by atoms with Crippen molar-refractivity contribution in [3.8, 4) is 0 Å². The van der Waals surface area contributed by atoms with Crippen LogP contribution in [0.15, 0.2) is 5.11 Å². The maximum Gasteiger partial charge on any atom is 0.334 e. The predicted molar refractivity (Wildman–Crippen MR) is 121 cm³/mol. The van der Waals surface area contributed by atoms with Gasteiger partial charge in [0.2, 0.25) is 5.91 Å². The third-order valence-electron chi connectivity index (χ3n) is 3.80. The van der Waals surface area contributed by atoms with E-state index in [0.717, 1.165) is 0 Å². The summed E-state index contributed by atoms with van der Waals surface area (Å²) in [7, 11) is 2.94. The van der Waals surface area contributed by atoms with Crippen molar-refractivity contribution in [1.82, 2.24) is 10.4 Å². The normalized spacial score (nSPS) is 13.2. The van der Waals surface area contributed by atoms with Crippen LogP contribution >= 0.6 is 21.6 Å². The lowest BCUT2D eigenvalue weighted by molar-refractivity contribution is -0.197. The van der Waals surface area contributed by atoms with Crippen LogP contribution in [0.25, 0.3) is 10.4 Å². The van der Waals surface area contributed by atoms with Crippen LogP contribution in [-0.4, -0.2) is 93.0 Å². The molecule has 3 amide bonds. The van der Waals surface area contributed by atoms with Crippen molar-refractivity contribution >= 4 is 45.3 Å². The lowest BCUT2D eigenvalue weighted by atomic mass is 10.4. The van der Waals surface area contributed by atoms with Crippen LogP contribution < -0.4 is 5.32 Å². The zero-order valence-corrected chi connectivity index (χ0v) is 19.9. The summed E-state index contributed by atoms with van der Waals surface area (Å²) in [5.74, 6) is -0.600. The van der Waals surface area contributed by atoms with Gasteiger partial charge >= 0.3 is 5.97 Å². The van der Waals surface area contributed by atoms with E-state index < -0.39 is 17.8 Å². The Balaban J connectivity index is 1.83. The van der Waals surface area contributed by atoms with Crippen molar-refractivity contribution in [3.63, 3.8) is 0 Å². The van der Waals surface area contributed by atoms with E-state index in [-0.39, 0.29) is 31.6 Å². The summed E-state index contributed by atoms with van der Waals surface area (Å²) in [5.41, 5.74) is 8.10. The van der Waals surface area contributed by atoms with E-state index in [1.807, 2.05) is 0 Å². The average molecular weight is 508 g/mol. The van der Waals surface area contributed by atoms with Crippen molar-refractivity contribution in [2.45, 2.75) is 25.7 Å². The van der Waals surface area contributed by atoms with Crippen molar-refractivity contribution in [3.05, 3.63) is 10.4 Å². The molecule has 0 saturated carbocycles. The monoisotopic (exact) mass is 507 g/mol. The summed E-state index contributed by atoms with van der Waals surface area (Å²) in [6, 6.07) is 0. The fourth-order valence-electron chi connectivity index (χ4n) is 2.23. The van der Waals surface area contributed by atoms with Crippen molar-refractivity contribution in [1.29, 1.82) is 0 Å². The first-order valence-corrected chi connectivity index (χ1v) is 12.8. The number of imide groups is 1. The second-order valence-corrected chi connectivity index (χ2v) is 9.03. The van der Waals surface area contributed by atoms with E-state index in [1.165, 1.54) is 21.6 Å². The molecule has 33 heavy (non-hydrogen) atoms. The molecule has 0 radical (unpaired) electrons. The number of hydrogen-bond donors (Lipinski definition) is 1. The molecule has 0 atom stereocenters. The van der Waals surface area contributed by atoms with E-state index in [2.05, 4.69) is 15.3 Å². The van der Waals surface area contributed by atoms with Gasteiger partial charge in [-0.3, -0.25) is 14.4 Å². The lowest BCUT2D eigenvalue weighted by Crippen LogP contribution is -2.32. The minimum atomic E-state index is -0.624. The minimum absolute atomic E-state index is 0.0714. The summed E-state index contributed by atoms with van der Waals surface area (Å²) < 4.78 is 15.8. The van der Waals surface area contributed by atoms with Crippen LogP contribution in [0.5, 0.6) is 0 Å². The van der Waals surface area contributed by atoms with Gasteiger partial charge in [0.25, 0.3) is 11.8 Å². The van der Waals surface area contributed by atoms with Gasteiger partial charge in [0, 0.05) is 48.8 Å². The van der Waals surface area contributed by atoms with Crippen LogP contribution in [0.1, 0.15) is 25.7 Å². The second kappa shape index (κ2) is 19.4. The Labute approximate surface area is 199 Å². The largest absolute Gasteiger partial charge is 0.379 e. The molecule has 0 unspecified atom stereocenters. The minimum Gasteiger partial charge on any atom is -0.379 e. The lowest BCUT2D eigenvalue weighted by Gasteiger charge is -2.12.